The Bertz CT molecular complexity index is 742. The summed E-state index contributed by atoms with van der Waals surface area (Å²) in [5.74, 6) is 0.0463. The van der Waals surface area contributed by atoms with Crippen molar-refractivity contribution in [2.45, 2.75) is 6.92 Å². The van der Waals surface area contributed by atoms with Crippen LogP contribution in [-0.4, -0.2) is 11.1 Å². The van der Waals surface area contributed by atoms with Gasteiger partial charge in [-0.2, -0.15) is 5.26 Å². The van der Waals surface area contributed by atoms with Gasteiger partial charge in [0.25, 0.3) is 0 Å². The number of hydrogen-bond acceptors (Lipinski definition) is 3. The van der Waals surface area contributed by atoms with Gasteiger partial charge in [-0.1, -0.05) is 17.7 Å². The van der Waals surface area contributed by atoms with Gasteiger partial charge in [0.05, 0.1) is 11.6 Å². The van der Waals surface area contributed by atoms with Crippen LogP contribution in [0.15, 0.2) is 48.5 Å². The van der Waals surface area contributed by atoms with E-state index < -0.39 is 5.97 Å². The Morgan fingerprint density at radius 1 is 1.29 bits per heavy atom. The monoisotopic (exact) mass is 279 g/mol. The van der Waals surface area contributed by atoms with Crippen molar-refractivity contribution in [1.29, 1.82) is 5.26 Å². The predicted molar refractivity (Wildman–Crippen MR) is 79.1 cm³/mol. The molecule has 1 N–H and O–H groups in total. The molecule has 104 valence electrons. The fraction of sp³-hybridized carbons (Fsp3) is 0.0588. The van der Waals surface area contributed by atoms with Crippen LogP contribution < -0.4 is 4.74 Å². The maximum Gasteiger partial charge on any atom is 0.328 e. The van der Waals surface area contributed by atoms with Gasteiger partial charge >= 0.3 is 5.97 Å². The molecule has 0 heterocycles. The Morgan fingerprint density at radius 2 is 2.10 bits per heavy atom. The lowest BCUT2D eigenvalue weighted by atomic mass is 10.1. The zero-order valence-electron chi connectivity index (χ0n) is 11.4. The van der Waals surface area contributed by atoms with Gasteiger partial charge in [-0.3, -0.25) is 0 Å². The first-order valence-electron chi connectivity index (χ1n) is 6.28. The molecule has 0 spiro atoms. The first-order valence-corrected chi connectivity index (χ1v) is 6.28. The molecule has 2 rings (SSSR count). The Kier molecular flexibility index (Phi) is 4.37. The van der Waals surface area contributed by atoms with E-state index in [1.807, 2.05) is 25.1 Å². The van der Waals surface area contributed by atoms with E-state index in [4.69, 9.17) is 15.1 Å². The fourth-order valence-corrected chi connectivity index (χ4v) is 1.81. The minimum atomic E-state index is -1.02. The second-order valence-corrected chi connectivity index (χ2v) is 4.45. The quantitative estimate of drug-likeness (QED) is 0.865. The van der Waals surface area contributed by atoms with Gasteiger partial charge in [-0.25, -0.2) is 4.79 Å². The van der Waals surface area contributed by atoms with Gasteiger partial charge in [-0.15, -0.1) is 0 Å². The highest BCUT2D eigenvalue weighted by molar-refractivity contribution is 5.86. The van der Waals surface area contributed by atoms with Crippen molar-refractivity contribution in [2.75, 3.05) is 0 Å². The van der Waals surface area contributed by atoms with Crippen LogP contribution in [-0.2, 0) is 4.79 Å². The Morgan fingerprint density at radius 3 is 2.81 bits per heavy atom. The van der Waals surface area contributed by atoms with Crippen molar-refractivity contribution in [3.63, 3.8) is 0 Å². The van der Waals surface area contributed by atoms with E-state index >= 15 is 0 Å². The highest BCUT2D eigenvalue weighted by Gasteiger charge is 2.04. The first kappa shape index (κ1) is 14.4. The molecule has 0 aliphatic rings. The number of carboxylic acid groups (broad SMARTS) is 1. The average molecular weight is 279 g/mol. The maximum absolute atomic E-state index is 10.6. The number of aryl methyl sites for hydroxylation is 1. The molecule has 0 radical (unpaired) electrons. The van der Waals surface area contributed by atoms with Crippen LogP contribution >= 0.6 is 0 Å². The van der Waals surface area contributed by atoms with Crippen LogP contribution in [0.5, 0.6) is 11.5 Å². The summed E-state index contributed by atoms with van der Waals surface area (Å²) in [6.45, 7) is 1.91. The van der Waals surface area contributed by atoms with Gasteiger partial charge in [0, 0.05) is 11.6 Å². The molecule has 4 heteroatoms. The first-order chi connectivity index (χ1) is 10.1. The number of nitriles is 1. The lowest BCUT2D eigenvalue weighted by Crippen LogP contribution is -1.91. The van der Waals surface area contributed by atoms with Crippen molar-refractivity contribution in [1.82, 2.24) is 0 Å². The zero-order chi connectivity index (χ0) is 15.2. The molecular formula is C17H13NO3. The van der Waals surface area contributed by atoms with Gasteiger partial charge < -0.3 is 9.84 Å². The van der Waals surface area contributed by atoms with E-state index in [1.165, 1.54) is 6.08 Å². The van der Waals surface area contributed by atoms with Crippen LogP contribution in [0.2, 0.25) is 0 Å². The third-order valence-electron chi connectivity index (χ3n) is 2.76. The summed E-state index contributed by atoms with van der Waals surface area (Å²) >= 11 is 0. The molecule has 2 aromatic rings. The number of rotatable bonds is 4. The van der Waals surface area contributed by atoms with Crippen molar-refractivity contribution < 1.29 is 14.6 Å². The molecule has 0 aliphatic carbocycles. The van der Waals surface area contributed by atoms with Gasteiger partial charge in [-0.05, 0) is 43.3 Å². The van der Waals surface area contributed by atoms with E-state index in [9.17, 15) is 4.79 Å². The maximum atomic E-state index is 10.6. The van der Waals surface area contributed by atoms with Gasteiger partial charge in [0.1, 0.15) is 11.5 Å². The molecule has 0 aromatic heterocycles. The summed E-state index contributed by atoms with van der Waals surface area (Å²) in [6.07, 6.45) is 2.55. The number of carbonyl (C=O) groups is 1. The molecule has 0 unspecified atom stereocenters. The van der Waals surface area contributed by atoms with Crippen LogP contribution in [0.3, 0.4) is 0 Å². The third kappa shape index (κ3) is 3.95. The Labute approximate surface area is 122 Å². The summed E-state index contributed by atoms with van der Waals surface area (Å²) in [5.41, 5.74) is 2.17. The summed E-state index contributed by atoms with van der Waals surface area (Å²) < 4.78 is 5.74. The Hall–Kier alpha value is -3.06. The van der Waals surface area contributed by atoms with E-state index in [0.717, 1.165) is 11.6 Å². The molecule has 0 amide bonds. The van der Waals surface area contributed by atoms with Crippen LogP contribution in [0, 0.1) is 18.3 Å². The fourth-order valence-electron chi connectivity index (χ4n) is 1.81. The summed E-state index contributed by atoms with van der Waals surface area (Å²) in [4.78, 5) is 10.6. The minimum Gasteiger partial charge on any atom is -0.478 e. The number of aliphatic carboxylic acids is 1. The normalized spacial score (nSPS) is 10.3. The van der Waals surface area contributed by atoms with Crippen molar-refractivity contribution in [3.05, 3.63) is 65.2 Å². The molecule has 4 nitrogen and oxygen atoms in total. The highest BCUT2D eigenvalue weighted by atomic mass is 16.5. The summed E-state index contributed by atoms with van der Waals surface area (Å²) in [5, 5.41) is 17.6. The van der Waals surface area contributed by atoms with Crippen LogP contribution in [0.1, 0.15) is 16.7 Å². The van der Waals surface area contributed by atoms with E-state index in [0.29, 0.717) is 22.6 Å². The molecule has 0 fully saturated rings. The third-order valence-corrected chi connectivity index (χ3v) is 2.76. The van der Waals surface area contributed by atoms with Crippen LogP contribution in [0.25, 0.3) is 6.08 Å². The number of hydrogen-bond donors (Lipinski definition) is 1. The second kappa shape index (κ2) is 6.40. The lowest BCUT2D eigenvalue weighted by Gasteiger charge is -2.10. The molecule has 0 bridgehead atoms. The topological polar surface area (TPSA) is 70.3 Å². The molecule has 0 saturated carbocycles. The van der Waals surface area contributed by atoms with Crippen LogP contribution in [0.4, 0.5) is 0 Å². The standard InChI is InChI=1S/C17H13NO3/c1-12-5-7-16(14(9-12)6-8-17(19)20)21-15-4-2-3-13(10-15)11-18/h2-10H,1H3,(H,19,20)/b8-6+. The van der Waals surface area contributed by atoms with Crippen molar-refractivity contribution in [3.8, 4) is 17.6 Å². The van der Waals surface area contributed by atoms with Gasteiger partial charge in [0.2, 0.25) is 0 Å². The van der Waals surface area contributed by atoms with E-state index in [-0.39, 0.29) is 0 Å². The average Bonchev–Trinajstić information content (AvgIpc) is 2.47. The minimum absolute atomic E-state index is 0.502. The van der Waals surface area contributed by atoms with Gasteiger partial charge in [0.15, 0.2) is 0 Å². The zero-order valence-corrected chi connectivity index (χ0v) is 11.4. The molecule has 2 aromatic carbocycles. The highest BCUT2D eigenvalue weighted by Crippen LogP contribution is 2.27. The summed E-state index contributed by atoms with van der Waals surface area (Å²) in [7, 11) is 0. The molecule has 0 aliphatic heterocycles. The second-order valence-electron chi connectivity index (χ2n) is 4.45. The number of benzene rings is 2. The smallest absolute Gasteiger partial charge is 0.328 e. The summed E-state index contributed by atoms with van der Waals surface area (Å²) in [6, 6.07) is 14.3. The number of carboxylic acids is 1. The van der Waals surface area contributed by atoms with Crippen molar-refractivity contribution in [2.24, 2.45) is 0 Å². The number of nitrogens with zero attached hydrogens (tertiary/aromatic N) is 1. The Balaban J connectivity index is 2.35. The molecule has 0 atom stereocenters. The van der Waals surface area contributed by atoms with E-state index in [2.05, 4.69) is 0 Å². The molecule has 21 heavy (non-hydrogen) atoms. The SMILES string of the molecule is Cc1ccc(Oc2cccc(C#N)c2)c(/C=C/C(=O)O)c1. The molecular weight excluding hydrogens is 266 g/mol. The molecule has 0 saturated heterocycles. The largest absolute Gasteiger partial charge is 0.478 e. The van der Waals surface area contributed by atoms with E-state index in [1.54, 1.807) is 30.3 Å². The lowest BCUT2D eigenvalue weighted by molar-refractivity contribution is -0.131. The number of ether oxygens (including phenoxy) is 1. The van der Waals surface area contributed by atoms with Crippen molar-refractivity contribution >= 4 is 12.0 Å². The predicted octanol–water partition coefficient (Wildman–Crippen LogP) is 3.76.